The average Bonchev–Trinajstić information content (AvgIpc) is 3.36. The van der Waals surface area contributed by atoms with Gasteiger partial charge in [0.25, 0.3) is 0 Å². The highest BCUT2D eigenvalue weighted by molar-refractivity contribution is 5.89. The van der Waals surface area contributed by atoms with Crippen LogP contribution in [-0.2, 0) is 21.2 Å². The summed E-state index contributed by atoms with van der Waals surface area (Å²) in [6.07, 6.45) is 0.435. The number of carbonyl (C=O) groups is 2. The minimum absolute atomic E-state index is 0.123. The van der Waals surface area contributed by atoms with E-state index in [2.05, 4.69) is 5.32 Å². The smallest absolute Gasteiger partial charge is 0.355 e. The lowest BCUT2D eigenvalue weighted by molar-refractivity contribution is -0.141. The normalized spacial score (nSPS) is 23.8. The summed E-state index contributed by atoms with van der Waals surface area (Å²) in [7, 11) is 0. The van der Waals surface area contributed by atoms with Gasteiger partial charge < -0.3 is 10.2 Å². The van der Waals surface area contributed by atoms with E-state index >= 15 is 0 Å². The largest absolute Gasteiger partial charge is 0.416 e. The second-order valence-electron chi connectivity index (χ2n) is 10.4. The number of carbonyl (C=O) groups excluding carboxylic acids is 2. The standard InChI is InChI=1S/C28H31F3N2O2/c29-28(30,31)22-11-5-4-10-21(22)23-19-32-24(34)18-26(23)14-16-33(17-15-26)25(35)27(12-6-7-13-27)20-8-2-1-3-9-20/h1-5,8-11,23H,6-7,12-19H2,(H,32,34). The van der Waals surface area contributed by atoms with Crippen molar-refractivity contribution in [1.82, 2.24) is 10.2 Å². The van der Waals surface area contributed by atoms with Crippen LogP contribution in [0.2, 0.25) is 0 Å². The highest BCUT2D eigenvalue weighted by Gasteiger charge is 2.51. The molecule has 1 atom stereocenters. The van der Waals surface area contributed by atoms with Crippen molar-refractivity contribution in [2.24, 2.45) is 5.41 Å². The van der Waals surface area contributed by atoms with E-state index in [0.717, 1.165) is 37.3 Å². The van der Waals surface area contributed by atoms with E-state index in [4.69, 9.17) is 0 Å². The molecule has 2 saturated heterocycles. The van der Waals surface area contributed by atoms with Gasteiger partial charge in [0.1, 0.15) is 0 Å². The molecule has 2 amide bonds. The van der Waals surface area contributed by atoms with Crippen LogP contribution < -0.4 is 5.32 Å². The van der Waals surface area contributed by atoms with Crippen molar-refractivity contribution in [2.45, 2.75) is 62.5 Å². The summed E-state index contributed by atoms with van der Waals surface area (Å²) in [5.74, 6) is -0.435. The molecule has 2 aliphatic heterocycles. The van der Waals surface area contributed by atoms with Crippen LogP contribution in [0, 0.1) is 5.41 Å². The van der Waals surface area contributed by atoms with E-state index < -0.39 is 28.5 Å². The molecule has 3 aliphatic rings. The first-order valence-corrected chi connectivity index (χ1v) is 12.5. The van der Waals surface area contributed by atoms with Gasteiger partial charge in [-0.15, -0.1) is 0 Å². The molecule has 5 rings (SSSR count). The van der Waals surface area contributed by atoms with E-state index in [1.54, 1.807) is 12.1 Å². The van der Waals surface area contributed by atoms with Crippen LogP contribution in [-0.4, -0.2) is 36.3 Å². The number of piperidine rings is 2. The Morgan fingerprint density at radius 3 is 2.20 bits per heavy atom. The second-order valence-corrected chi connectivity index (χ2v) is 10.4. The zero-order valence-electron chi connectivity index (χ0n) is 19.7. The molecule has 1 saturated carbocycles. The van der Waals surface area contributed by atoms with Crippen LogP contribution in [0.4, 0.5) is 13.2 Å². The first-order chi connectivity index (χ1) is 16.8. The summed E-state index contributed by atoms with van der Waals surface area (Å²) in [5, 5.41) is 2.80. The zero-order valence-corrected chi connectivity index (χ0v) is 19.7. The van der Waals surface area contributed by atoms with Crippen molar-refractivity contribution in [3.05, 3.63) is 71.3 Å². The number of likely N-dealkylation sites (tertiary alicyclic amines) is 1. The van der Waals surface area contributed by atoms with Gasteiger partial charge in [0.2, 0.25) is 11.8 Å². The monoisotopic (exact) mass is 484 g/mol. The Bertz CT molecular complexity index is 1080. The molecular formula is C28H31F3N2O2. The van der Waals surface area contributed by atoms with Crippen molar-refractivity contribution in [1.29, 1.82) is 0 Å². The fourth-order valence-corrected chi connectivity index (χ4v) is 6.78. The SMILES string of the molecule is O=C1CC2(CCN(C(=O)C3(c4ccccc4)CCCC3)CC2)C(c2ccccc2C(F)(F)F)CN1. The van der Waals surface area contributed by atoms with Crippen LogP contribution >= 0.6 is 0 Å². The van der Waals surface area contributed by atoms with E-state index in [-0.39, 0.29) is 30.3 Å². The van der Waals surface area contributed by atoms with Gasteiger partial charge in [-0.2, -0.15) is 13.2 Å². The van der Waals surface area contributed by atoms with Gasteiger partial charge >= 0.3 is 6.18 Å². The van der Waals surface area contributed by atoms with Gasteiger partial charge in [-0.05, 0) is 48.3 Å². The number of nitrogens with zero attached hydrogens (tertiary/aromatic N) is 1. The van der Waals surface area contributed by atoms with Gasteiger partial charge in [0.05, 0.1) is 11.0 Å². The average molecular weight is 485 g/mol. The van der Waals surface area contributed by atoms with E-state index in [0.29, 0.717) is 25.9 Å². The summed E-state index contributed by atoms with van der Waals surface area (Å²) in [6, 6.07) is 15.7. The molecule has 0 radical (unpaired) electrons. The molecule has 7 heteroatoms. The molecule has 3 fully saturated rings. The molecule has 35 heavy (non-hydrogen) atoms. The first kappa shape index (κ1) is 23.9. The Labute approximate surface area is 203 Å². The Balaban J connectivity index is 1.41. The second kappa shape index (κ2) is 8.99. The fraction of sp³-hybridized carbons (Fsp3) is 0.500. The summed E-state index contributed by atoms with van der Waals surface area (Å²) >= 11 is 0. The lowest BCUT2D eigenvalue weighted by atomic mass is 9.61. The summed E-state index contributed by atoms with van der Waals surface area (Å²) in [5.41, 5.74) is -0.435. The Kier molecular flexibility index (Phi) is 6.14. The maximum atomic E-state index is 13.9. The summed E-state index contributed by atoms with van der Waals surface area (Å²) in [6.45, 7) is 1.12. The molecular weight excluding hydrogens is 453 g/mol. The van der Waals surface area contributed by atoms with E-state index in [1.165, 1.54) is 6.07 Å². The van der Waals surface area contributed by atoms with Crippen molar-refractivity contribution < 1.29 is 22.8 Å². The third kappa shape index (κ3) is 4.23. The molecule has 2 heterocycles. The number of hydrogen-bond acceptors (Lipinski definition) is 2. The quantitative estimate of drug-likeness (QED) is 0.632. The third-order valence-corrected chi connectivity index (χ3v) is 8.64. The molecule has 4 nitrogen and oxygen atoms in total. The summed E-state index contributed by atoms with van der Waals surface area (Å²) < 4.78 is 41.5. The van der Waals surface area contributed by atoms with Crippen molar-refractivity contribution in [3.63, 3.8) is 0 Å². The van der Waals surface area contributed by atoms with Crippen LogP contribution in [0.1, 0.15) is 67.6 Å². The van der Waals surface area contributed by atoms with Gasteiger partial charge in [-0.25, -0.2) is 0 Å². The number of rotatable bonds is 3. The lowest BCUT2D eigenvalue weighted by Gasteiger charge is -2.50. The molecule has 2 aromatic carbocycles. The maximum Gasteiger partial charge on any atom is 0.416 e. The summed E-state index contributed by atoms with van der Waals surface area (Å²) in [4.78, 5) is 28.2. The minimum atomic E-state index is -4.46. The van der Waals surface area contributed by atoms with Gasteiger partial charge in [0, 0.05) is 32.0 Å². The number of benzene rings is 2. The van der Waals surface area contributed by atoms with Crippen molar-refractivity contribution >= 4 is 11.8 Å². The first-order valence-electron chi connectivity index (χ1n) is 12.5. The van der Waals surface area contributed by atoms with Crippen LogP contribution in [0.15, 0.2) is 54.6 Å². The molecule has 186 valence electrons. The Morgan fingerprint density at radius 1 is 0.914 bits per heavy atom. The molecule has 2 aromatic rings. The maximum absolute atomic E-state index is 13.9. The number of hydrogen-bond donors (Lipinski definition) is 1. The molecule has 1 aliphatic carbocycles. The molecule has 1 spiro atoms. The fourth-order valence-electron chi connectivity index (χ4n) is 6.78. The number of halogens is 3. The highest BCUT2D eigenvalue weighted by Crippen LogP contribution is 2.52. The number of alkyl halides is 3. The van der Waals surface area contributed by atoms with E-state index in [9.17, 15) is 22.8 Å². The van der Waals surface area contributed by atoms with E-state index in [1.807, 2.05) is 35.2 Å². The van der Waals surface area contributed by atoms with Gasteiger partial charge in [-0.1, -0.05) is 61.4 Å². The van der Waals surface area contributed by atoms with Crippen LogP contribution in [0.3, 0.4) is 0 Å². The molecule has 0 bridgehead atoms. The van der Waals surface area contributed by atoms with Crippen molar-refractivity contribution in [2.75, 3.05) is 19.6 Å². The minimum Gasteiger partial charge on any atom is -0.355 e. The van der Waals surface area contributed by atoms with Crippen molar-refractivity contribution in [3.8, 4) is 0 Å². The third-order valence-electron chi connectivity index (χ3n) is 8.64. The lowest BCUT2D eigenvalue weighted by Crippen LogP contribution is -2.55. The molecule has 1 N–H and O–H groups in total. The number of amides is 2. The topological polar surface area (TPSA) is 49.4 Å². The molecule has 0 aromatic heterocycles. The Morgan fingerprint density at radius 2 is 1.54 bits per heavy atom. The Hall–Kier alpha value is -2.83. The van der Waals surface area contributed by atoms with Crippen LogP contribution in [0.25, 0.3) is 0 Å². The van der Waals surface area contributed by atoms with Gasteiger partial charge in [0.15, 0.2) is 0 Å². The zero-order chi connectivity index (χ0) is 24.7. The predicted molar refractivity (Wildman–Crippen MR) is 127 cm³/mol. The van der Waals surface area contributed by atoms with Crippen LogP contribution in [0.5, 0.6) is 0 Å². The predicted octanol–water partition coefficient (Wildman–Crippen LogP) is 5.43. The van der Waals surface area contributed by atoms with Gasteiger partial charge in [-0.3, -0.25) is 9.59 Å². The highest BCUT2D eigenvalue weighted by atomic mass is 19.4. The molecule has 1 unspecified atom stereocenters. The number of nitrogens with one attached hydrogen (secondary N) is 1.